The van der Waals surface area contributed by atoms with Crippen molar-refractivity contribution in [2.75, 3.05) is 37.6 Å². The maximum atomic E-state index is 11.0. The molecule has 1 saturated carbocycles. The molecule has 0 radical (unpaired) electrons. The largest absolute Gasteiger partial charge is 0.369 e. The molecule has 0 spiro atoms. The molecule has 1 aromatic carbocycles. The Labute approximate surface area is 114 Å². The van der Waals surface area contributed by atoms with Gasteiger partial charge < -0.3 is 10.6 Å². The highest BCUT2D eigenvalue weighted by atomic mass is 16.1. The molecule has 1 aromatic rings. The average Bonchev–Trinajstić information content (AvgIpc) is 3.24. The second-order valence-corrected chi connectivity index (χ2v) is 5.64. The van der Waals surface area contributed by atoms with Gasteiger partial charge in [0.15, 0.2) is 0 Å². The summed E-state index contributed by atoms with van der Waals surface area (Å²) in [5.41, 5.74) is 7.02. The van der Waals surface area contributed by atoms with Crippen molar-refractivity contribution in [2.24, 2.45) is 11.7 Å². The minimum Gasteiger partial charge on any atom is -0.369 e. The van der Waals surface area contributed by atoms with Gasteiger partial charge in [-0.25, -0.2) is 0 Å². The molecule has 4 heteroatoms. The summed E-state index contributed by atoms with van der Waals surface area (Å²) in [6.07, 6.45) is 2.85. The molecule has 2 N–H and O–H groups in total. The van der Waals surface area contributed by atoms with E-state index in [2.05, 4.69) is 9.80 Å². The highest BCUT2D eigenvalue weighted by Crippen LogP contribution is 2.30. The fourth-order valence-electron chi connectivity index (χ4n) is 2.69. The highest BCUT2D eigenvalue weighted by molar-refractivity contribution is 5.93. The first kappa shape index (κ1) is 12.5. The zero-order valence-corrected chi connectivity index (χ0v) is 11.2. The smallest absolute Gasteiger partial charge is 0.248 e. The molecule has 0 atom stereocenters. The predicted molar refractivity (Wildman–Crippen MR) is 76.3 cm³/mol. The number of hydrogen-bond acceptors (Lipinski definition) is 3. The topological polar surface area (TPSA) is 49.6 Å². The fraction of sp³-hybridized carbons (Fsp3) is 0.533. The van der Waals surface area contributed by atoms with Gasteiger partial charge >= 0.3 is 0 Å². The van der Waals surface area contributed by atoms with Crippen LogP contribution in [0.5, 0.6) is 0 Å². The zero-order chi connectivity index (χ0) is 13.2. The van der Waals surface area contributed by atoms with Gasteiger partial charge in [0.05, 0.1) is 0 Å². The number of piperazine rings is 1. The summed E-state index contributed by atoms with van der Waals surface area (Å²) in [6.45, 7) is 5.72. The van der Waals surface area contributed by atoms with Crippen LogP contribution in [0.15, 0.2) is 24.3 Å². The lowest BCUT2D eigenvalue weighted by atomic mass is 10.1. The normalized spacial score (nSPS) is 20.5. The van der Waals surface area contributed by atoms with Crippen LogP contribution < -0.4 is 10.6 Å². The Morgan fingerprint density at radius 3 is 2.26 bits per heavy atom. The van der Waals surface area contributed by atoms with Crippen molar-refractivity contribution in [3.63, 3.8) is 0 Å². The second kappa shape index (κ2) is 5.21. The highest BCUT2D eigenvalue weighted by Gasteiger charge is 2.26. The number of hydrogen-bond donors (Lipinski definition) is 1. The van der Waals surface area contributed by atoms with Crippen LogP contribution in [-0.4, -0.2) is 43.5 Å². The number of benzene rings is 1. The Morgan fingerprint density at radius 2 is 1.74 bits per heavy atom. The lowest BCUT2D eigenvalue weighted by Gasteiger charge is -2.36. The quantitative estimate of drug-likeness (QED) is 0.887. The lowest BCUT2D eigenvalue weighted by molar-refractivity contribution is 0.100. The van der Waals surface area contributed by atoms with E-state index < -0.39 is 0 Å². The van der Waals surface area contributed by atoms with Gasteiger partial charge in [-0.15, -0.1) is 0 Å². The fourth-order valence-corrected chi connectivity index (χ4v) is 2.69. The second-order valence-electron chi connectivity index (χ2n) is 5.64. The van der Waals surface area contributed by atoms with E-state index in [-0.39, 0.29) is 5.91 Å². The monoisotopic (exact) mass is 259 g/mol. The molecule has 1 heterocycles. The molecular formula is C15H21N3O. The van der Waals surface area contributed by atoms with Crippen LogP contribution in [0.1, 0.15) is 23.2 Å². The minimum atomic E-state index is -0.360. The third-order valence-electron chi connectivity index (χ3n) is 4.10. The van der Waals surface area contributed by atoms with Gasteiger partial charge in [-0.1, -0.05) is 0 Å². The summed E-state index contributed by atoms with van der Waals surface area (Å²) < 4.78 is 0. The third-order valence-corrected chi connectivity index (χ3v) is 4.10. The van der Waals surface area contributed by atoms with E-state index in [0.717, 1.165) is 32.1 Å². The molecule has 1 aliphatic carbocycles. The van der Waals surface area contributed by atoms with Crippen LogP contribution in [0.2, 0.25) is 0 Å². The number of carbonyl (C=O) groups is 1. The SMILES string of the molecule is NC(=O)c1ccc(N2CCN(CC3CC3)CC2)cc1. The number of nitrogens with two attached hydrogens (primary N) is 1. The lowest BCUT2D eigenvalue weighted by Crippen LogP contribution is -2.47. The molecule has 4 nitrogen and oxygen atoms in total. The van der Waals surface area contributed by atoms with Gasteiger partial charge in [-0.2, -0.15) is 0 Å². The summed E-state index contributed by atoms with van der Waals surface area (Å²) in [7, 11) is 0. The molecule has 1 aliphatic heterocycles. The van der Waals surface area contributed by atoms with Crippen LogP contribution >= 0.6 is 0 Å². The van der Waals surface area contributed by atoms with Gasteiger partial charge in [0.2, 0.25) is 5.91 Å². The van der Waals surface area contributed by atoms with Gasteiger partial charge in [-0.3, -0.25) is 9.69 Å². The average molecular weight is 259 g/mol. The van der Waals surface area contributed by atoms with E-state index in [1.807, 2.05) is 24.3 Å². The molecule has 19 heavy (non-hydrogen) atoms. The number of anilines is 1. The van der Waals surface area contributed by atoms with Crippen molar-refractivity contribution in [3.8, 4) is 0 Å². The van der Waals surface area contributed by atoms with Gasteiger partial charge in [0.25, 0.3) is 0 Å². The third kappa shape index (κ3) is 3.07. The molecule has 2 fully saturated rings. The van der Waals surface area contributed by atoms with Crippen molar-refractivity contribution >= 4 is 11.6 Å². The maximum Gasteiger partial charge on any atom is 0.248 e. The molecule has 0 aromatic heterocycles. The zero-order valence-electron chi connectivity index (χ0n) is 11.2. The minimum absolute atomic E-state index is 0.360. The van der Waals surface area contributed by atoms with E-state index in [9.17, 15) is 4.79 Å². The predicted octanol–water partition coefficient (Wildman–Crippen LogP) is 1.32. The summed E-state index contributed by atoms with van der Waals surface area (Å²) in [4.78, 5) is 16.0. The molecule has 3 rings (SSSR count). The first-order valence-electron chi connectivity index (χ1n) is 7.09. The number of amides is 1. The van der Waals surface area contributed by atoms with Crippen LogP contribution in [-0.2, 0) is 0 Å². The Balaban J connectivity index is 1.56. The van der Waals surface area contributed by atoms with E-state index in [1.54, 1.807) is 0 Å². The number of primary amides is 1. The van der Waals surface area contributed by atoms with Crippen molar-refractivity contribution in [3.05, 3.63) is 29.8 Å². The van der Waals surface area contributed by atoms with Crippen molar-refractivity contribution in [1.82, 2.24) is 4.90 Å². The Hall–Kier alpha value is -1.55. The summed E-state index contributed by atoms with van der Waals surface area (Å²) in [5.74, 6) is 0.613. The molecule has 1 amide bonds. The Kier molecular flexibility index (Phi) is 3.42. The van der Waals surface area contributed by atoms with Gasteiger partial charge in [0, 0.05) is 44.0 Å². The molecule has 0 unspecified atom stereocenters. The number of carbonyl (C=O) groups excluding carboxylic acids is 1. The van der Waals surface area contributed by atoms with E-state index in [4.69, 9.17) is 5.73 Å². The summed E-state index contributed by atoms with van der Waals surface area (Å²) in [5, 5.41) is 0. The summed E-state index contributed by atoms with van der Waals surface area (Å²) >= 11 is 0. The van der Waals surface area contributed by atoms with E-state index >= 15 is 0 Å². The number of nitrogens with zero attached hydrogens (tertiary/aromatic N) is 2. The van der Waals surface area contributed by atoms with Crippen LogP contribution in [0.3, 0.4) is 0 Å². The molecule has 2 aliphatic rings. The Morgan fingerprint density at radius 1 is 1.11 bits per heavy atom. The van der Waals surface area contributed by atoms with Crippen LogP contribution in [0, 0.1) is 5.92 Å². The van der Waals surface area contributed by atoms with Crippen molar-refractivity contribution < 1.29 is 4.79 Å². The first-order valence-corrected chi connectivity index (χ1v) is 7.09. The van der Waals surface area contributed by atoms with Crippen molar-refractivity contribution in [1.29, 1.82) is 0 Å². The molecular weight excluding hydrogens is 238 g/mol. The molecule has 0 bridgehead atoms. The summed E-state index contributed by atoms with van der Waals surface area (Å²) in [6, 6.07) is 7.62. The van der Waals surface area contributed by atoms with E-state index in [1.165, 1.54) is 25.1 Å². The number of rotatable bonds is 4. The van der Waals surface area contributed by atoms with Gasteiger partial charge in [0.1, 0.15) is 0 Å². The van der Waals surface area contributed by atoms with Crippen LogP contribution in [0.25, 0.3) is 0 Å². The van der Waals surface area contributed by atoms with Crippen LogP contribution in [0.4, 0.5) is 5.69 Å². The van der Waals surface area contributed by atoms with Crippen molar-refractivity contribution in [2.45, 2.75) is 12.8 Å². The first-order chi connectivity index (χ1) is 9.22. The molecule has 1 saturated heterocycles. The maximum absolute atomic E-state index is 11.0. The molecule has 102 valence electrons. The van der Waals surface area contributed by atoms with Gasteiger partial charge in [-0.05, 0) is 43.0 Å². The standard InChI is InChI=1S/C15H21N3O/c16-15(19)13-3-5-14(6-4-13)18-9-7-17(8-10-18)11-12-1-2-12/h3-6,12H,1-2,7-11H2,(H2,16,19). The Bertz CT molecular complexity index is 445. The van der Waals surface area contributed by atoms with E-state index in [0.29, 0.717) is 5.56 Å².